The van der Waals surface area contributed by atoms with Crippen LogP contribution in [0.15, 0.2) is 60.8 Å². The molecule has 144 valence electrons. The van der Waals surface area contributed by atoms with Gasteiger partial charge in [-0.3, -0.25) is 10.3 Å². The first-order valence-corrected chi connectivity index (χ1v) is 8.57. The minimum Gasteiger partial charge on any atom is -0.496 e. The Morgan fingerprint density at radius 1 is 1.00 bits per heavy atom. The number of nitrogens with one attached hydrogen (secondary N) is 1. The SMILES string of the molecule is COc1cccc(OC)c1CN(C(=N)N)c1ccc(-c2ccc(F)cc2)cn1. The van der Waals surface area contributed by atoms with Gasteiger partial charge in [-0.05, 0) is 42.0 Å². The molecule has 2 aromatic carbocycles. The van der Waals surface area contributed by atoms with Crippen LogP contribution in [0, 0.1) is 11.2 Å². The molecule has 0 unspecified atom stereocenters. The fraction of sp³-hybridized carbons (Fsp3) is 0.143. The van der Waals surface area contributed by atoms with Gasteiger partial charge in [-0.25, -0.2) is 9.37 Å². The molecular weight excluding hydrogens is 359 g/mol. The molecule has 0 saturated heterocycles. The van der Waals surface area contributed by atoms with Crippen LogP contribution >= 0.6 is 0 Å². The fourth-order valence-corrected chi connectivity index (χ4v) is 2.89. The van der Waals surface area contributed by atoms with E-state index in [1.165, 1.54) is 12.1 Å². The number of hydrogen-bond donors (Lipinski definition) is 2. The highest BCUT2D eigenvalue weighted by atomic mass is 19.1. The van der Waals surface area contributed by atoms with E-state index in [9.17, 15) is 4.39 Å². The van der Waals surface area contributed by atoms with Crippen LogP contribution in [-0.4, -0.2) is 25.2 Å². The van der Waals surface area contributed by atoms with Crippen molar-refractivity contribution in [2.75, 3.05) is 19.1 Å². The first-order chi connectivity index (χ1) is 13.5. The standard InChI is InChI=1S/C21H21FN4O2/c1-27-18-4-3-5-19(28-2)17(18)13-26(21(23)24)20-11-8-15(12-25-20)14-6-9-16(22)10-7-14/h3-12H,13H2,1-2H3,(H3,23,24). The van der Waals surface area contributed by atoms with Crippen LogP contribution < -0.4 is 20.1 Å². The molecular formula is C21H21FN4O2. The van der Waals surface area contributed by atoms with Gasteiger partial charge in [0, 0.05) is 11.8 Å². The van der Waals surface area contributed by atoms with Gasteiger partial charge in [-0.2, -0.15) is 0 Å². The monoisotopic (exact) mass is 380 g/mol. The maximum absolute atomic E-state index is 13.1. The zero-order valence-electron chi connectivity index (χ0n) is 15.6. The molecule has 0 aliphatic rings. The quantitative estimate of drug-likeness (QED) is 0.502. The summed E-state index contributed by atoms with van der Waals surface area (Å²) in [5.41, 5.74) is 8.25. The molecule has 0 aliphatic heterocycles. The second-order valence-corrected chi connectivity index (χ2v) is 6.02. The van der Waals surface area contributed by atoms with Crippen molar-refractivity contribution < 1.29 is 13.9 Å². The summed E-state index contributed by atoms with van der Waals surface area (Å²) < 4.78 is 24.0. The molecule has 3 N–H and O–H groups in total. The van der Waals surface area contributed by atoms with Gasteiger partial charge < -0.3 is 15.2 Å². The van der Waals surface area contributed by atoms with Gasteiger partial charge in [0.05, 0.1) is 26.3 Å². The van der Waals surface area contributed by atoms with Crippen molar-refractivity contribution in [1.29, 1.82) is 5.41 Å². The summed E-state index contributed by atoms with van der Waals surface area (Å²) in [5, 5.41) is 7.98. The second-order valence-electron chi connectivity index (χ2n) is 6.02. The summed E-state index contributed by atoms with van der Waals surface area (Å²) in [6.07, 6.45) is 1.66. The third-order valence-electron chi connectivity index (χ3n) is 4.34. The first-order valence-electron chi connectivity index (χ1n) is 8.57. The van der Waals surface area contributed by atoms with Crippen molar-refractivity contribution in [3.63, 3.8) is 0 Å². The van der Waals surface area contributed by atoms with Gasteiger partial charge in [0.25, 0.3) is 0 Å². The van der Waals surface area contributed by atoms with E-state index < -0.39 is 0 Å². The molecule has 1 aromatic heterocycles. The van der Waals surface area contributed by atoms with E-state index in [1.807, 2.05) is 24.3 Å². The summed E-state index contributed by atoms with van der Waals surface area (Å²) in [5.74, 6) is 1.32. The summed E-state index contributed by atoms with van der Waals surface area (Å²) >= 11 is 0. The number of halogens is 1. The molecule has 0 spiro atoms. The van der Waals surface area contributed by atoms with E-state index in [2.05, 4.69) is 4.98 Å². The average molecular weight is 380 g/mol. The smallest absolute Gasteiger partial charge is 0.194 e. The molecule has 0 bridgehead atoms. The minimum absolute atomic E-state index is 0.157. The number of pyridine rings is 1. The molecule has 0 saturated carbocycles. The van der Waals surface area contributed by atoms with E-state index in [0.29, 0.717) is 17.3 Å². The minimum atomic E-state index is -0.290. The fourth-order valence-electron chi connectivity index (χ4n) is 2.89. The summed E-state index contributed by atoms with van der Waals surface area (Å²) in [4.78, 5) is 5.99. The van der Waals surface area contributed by atoms with E-state index in [4.69, 9.17) is 20.6 Å². The Kier molecular flexibility index (Phi) is 5.74. The molecule has 3 rings (SSSR count). The Labute approximate surface area is 162 Å². The molecule has 0 radical (unpaired) electrons. The maximum Gasteiger partial charge on any atom is 0.194 e. The van der Waals surface area contributed by atoms with Gasteiger partial charge in [0.2, 0.25) is 0 Å². The zero-order chi connectivity index (χ0) is 20.1. The molecule has 1 heterocycles. The number of methoxy groups -OCH3 is 2. The van der Waals surface area contributed by atoms with Gasteiger partial charge in [-0.15, -0.1) is 0 Å². The lowest BCUT2D eigenvalue weighted by atomic mass is 10.1. The number of benzene rings is 2. The van der Waals surface area contributed by atoms with Crippen molar-refractivity contribution >= 4 is 11.8 Å². The predicted octanol–water partition coefficient (Wildman–Crippen LogP) is 3.80. The average Bonchev–Trinajstić information content (AvgIpc) is 2.72. The highest BCUT2D eigenvalue weighted by molar-refractivity contribution is 5.91. The lowest BCUT2D eigenvalue weighted by Gasteiger charge is -2.24. The van der Waals surface area contributed by atoms with Crippen LogP contribution in [0.4, 0.5) is 10.2 Å². The normalized spacial score (nSPS) is 10.4. The van der Waals surface area contributed by atoms with Crippen LogP contribution in [-0.2, 0) is 6.54 Å². The second kappa shape index (κ2) is 8.39. The third-order valence-corrected chi connectivity index (χ3v) is 4.34. The van der Waals surface area contributed by atoms with Crippen LogP contribution in [0.2, 0.25) is 0 Å². The Balaban J connectivity index is 1.91. The van der Waals surface area contributed by atoms with Crippen molar-refractivity contribution in [3.8, 4) is 22.6 Å². The highest BCUT2D eigenvalue weighted by Crippen LogP contribution is 2.31. The zero-order valence-corrected chi connectivity index (χ0v) is 15.6. The van der Waals surface area contributed by atoms with Crippen LogP contribution in [0.3, 0.4) is 0 Å². The van der Waals surface area contributed by atoms with Crippen LogP contribution in [0.5, 0.6) is 11.5 Å². The number of anilines is 1. The molecule has 0 fully saturated rings. The van der Waals surface area contributed by atoms with Crippen molar-refractivity contribution in [1.82, 2.24) is 4.98 Å². The Hall–Kier alpha value is -3.61. The van der Waals surface area contributed by atoms with E-state index in [-0.39, 0.29) is 18.3 Å². The number of rotatable bonds is 6. The number of nitrogens with two attached hydrogens (primary N) is 1. The van der Waals surface area contributed by atoms with Crippen LogP contribution in [0.25, 0.3) is 11.1 Å². The lowest BCUT2D eigenvalue weighted by molar-refractivity contribution is 0.385. The molecule has 0 amide bonds. The lowest BCUT2D eigenvalue weighted by Crippen LogP contribution is -2.36. The number of guanidine groups is 1. The largest absolute Gasteiger partial charge is 0.496 e. The first kappa shape index (κ1) is 19.2. The van der Waals surface area contributed by atoms with E-state index in [0.717, 1.165) is 16.7 Å². The number of nitrogens with zero attached hydrogens (tertiary/aromatic N) is 2. The van der Waals surface area contributed by atoms with E-state index in [1.54, 1.807) is 43.5 Å². The Morgan fingerprint density at radius 3 is 2.11 bits per heavy atom. The van der Waals surface area contributed by atoms with Gasteiger partial charge in [-0.1, -0.05) is 18.2 Å². The number of hydrogen-bond acceptors (Lipinski definition) is 4. The maximum atomic E-state index is 13.1. The summed E-state index contributed by atoms with van der Waals surface area (Å²) in [6.45, 7) is 0.255. The summed E-state index contributed by atoms with van der Waals surface area (Å²) in [7, 11) is 3.15. The van der Waals surface area contributed by atoms with Gasteiger partial charge >= 0.3 is 0 Å². The number of aromatic nitrogens is 1. The Morgan fingerprint density at radius 2 is 1.61 bits per heavy atom. The predicted molar refractivity (Wildman–Crippen MR) is 107 cm³/mol. The van der Waals surface area contributed by atoms with Gasteiger partial charge in [0.15, 0.2) is 5.96 Å². The van der Waals surface area contributed by atoms with Crippen molar-refractivity contribution in [2.45, 2.75) is 6.54 Å². The summed E-state index contributed by atoms with van der Waals surface area (Å²) in [6, 6.07) is 15.3. The van der Waals surface area contributed by atoms with E-state index >= 15 is 0 Å². The highest BCUT2D eigenvalue weighted by Gasteiger charge is 2.18. The molecule has 0 aliphatic carbocycles. The van der Waals surface area contributed by atoms with Gasteiger partial charge in [0.1, 0.15) is 23.1 Å². The molecule has 0 atom stereocenters. The molecule has 3 aromatic rings. The van der Waals surface area contributed by atoms with Crippen molar-refractivity contribution in [2.24, 2.45) is 5.73 Å². The number of ether oxygens (including phenoxy) is 2. The molecule has 28 heavy (non-hydrogen) atoms. The topological polar surface area (TPSA) is 84.5 Å². The molecule has 7 heteroatoms. The third kappa shape index (κ3) is 4.03. The Bertz CT molecular complexity index is 937. The van der Waals surface area contributed by atoms with Crippen molar-refractivity contribution in [3.05, 3.63) is 72.2 Å². The van der Waals surface area contributed by atoms with Crippen LogP contribution in [0.1, 0.15) is 5.56 Å². The molecule has 6 nitrogen and oxygen atoms in total.